The summed E-state index contributed by atoms with van der Waals surface area (Å²) in [6.45, 7) is 1.45. The number of carboxylic acid groups (broad SMARTS) is 1. The normalized spacial score (nSPS) is 23.9. The highest BCUT2D eigenvalue weighted by molar-refractivity contribution is 7.99. The number of carboxylic acids is 1. The molecule has 3 N–H and O–H groups in total. The van der Waals surface area contributed by atoms with Gasteiger partial charge in [0, 0.05) is 11.6 Å². The molecule has 0 spiro atoms. The van der Waals surface area contributed by atoms with Crippen molar-refractivity contribution in [2.75, 3.05) is 11.6 Å². The molecule has 1 unspecified atom stereocenters. The van der Waals surface area contributed by atoms with Crippen molar-refractivity contribution >= 4 is 23.6 Å². The standard InChI is InChI=1S/C7H12N2O3S/c1-4(7(11)12)9-6(10)5-2-13-3-8-5/h4-5,8H,2-3H2,1H3,(H,9,10)(H,11,12)/t4-,5?/m0/s1. The first-order chi connectivity index (χ1) is 6.11. The molecule has 1 fully saturated rings. The Bertz CT molecular complexity index is 216. The lowest BCUT2D eigenvalue weighted by Gasteiger charge is -2.13. The van der Waals surface area contributed by atoms with Crippen molar-refractivity contribution in [1.29, 1.82) is 0 Å². The van der Waals surface area contributed by atoms with Crippen molar-refractivity contribution in [3.05, 3.63) is 0 Å². The summed E-state index contributed by atoms with van der Waals surface area (Å²) in [5.74, 6) is 0.205. The van der Waals surface area contributed by atoms with Crippen LogP contribution in [-0.2, 0) is 9.59 Å². The molecule has 1 rings (SSSR count). The molecule has 0 bridgehead atoms. The van der Waals surface area contributed by atoms with E-state index in [2.05, 4.69) is 10.6 Å². The molecule has 13 heavy (non-hydrogen) atoms. The summed E-state index contributed by atoms with van der Waals surface area (Å²) in [6.07, 6.45) is 0. The van der Waals surface area contributed by atoms with Crippen LogP contribution in [0, 0.1) is 0 Å². The van der Waals surface area contributed by atoms with Gasteiger partial charge in [-0.3, -0.25) is 14.9 Å². The Labute approximate surface area is 80.3 Å². The van der Waals surface area contributed by atoms with Crippen molar-refractivity contribution in [3.63, 3.8) is 0 Å². The van der Waals surface area contributed by atoms with E-state index in [4.69, 9.17) is 5.11 Å². The number of nitrogens with one attached hydrogen (secondary N) is 2. The first-order valence-electron chi connectivity index (χ1n) is 3.95. The Kier molecular flexibility index (Phi) is 3.56. The topological polar surface area (TPSA) is 78.4 Å². The Morgan fingerprint density at radius 2 is 2.38 bits per heavy atom. The Morgan fingerprint density at radius 1 is 1.69 bits per heavy atom. The number of rotatable bonds is 3. The monoisotopic (exact) mass is 204 g/mol. The lowest BCUT2D eigenvalue weighted by Crippen LogP contribution is -2.47. The lowest BCUT2D eigenvalue weighted by molar-refractivity contribution is -0.141. The van der Waals surface area contributed by atoms with Gasteiger partial charge in [0.1, 0.15) is 6.04 Å². The second-order valence-corrected chi connectivity index (χ2v) is 3.87. The maximum atomic E-state index is 11.3. The van der Waals surface area contributed by atoms with Gasteiger partial charge in [0.05, 0.1) is 6.04 Å². The van der Waals surface area contributed by atoms with E-state index < -0.39 is 12.0 Å². The Morgan fingerprint density at radius 3 is 2.85 bits per heavy atom. The van der Waals surface area contributed by atoms with Crippen molar-refractivity contribution in [2.24, 2.45) is 0 Å². The van der Waals surface area contributed by atoms with E-state index >= 15 is 0 Å². The van der Waals surface area contributed by atoms with Crippen LogP contribution in [0.2, 0.25) is 0 Å². The molecule has 0 aliphatic carbocycles. The van der Waals surface area contributed by atoms with Crippen LogP contribution in [0.3, 0.4) is 0 Å². The SMILES string of the molecule is C[C@H](NC(=O)C1CSCN1)C(=O)O. The van der Waals surface area contributed by atoms with E-state index in [1.807, 2.05) is 0 Å². The van der Waals surface area contributed by atoms with Gasteiger partial charge in [-0.2, -0.15) is 0 Å². The molecule has 1 heterocycles. The van der Waals surface area contributed by atoms with E-state index in [1.165, 1.54) is 6.92 Å². The third-order valence-corrected chi connectivity index (χ3v) is 2.70. The third kappa shape index (κ3) is 2.89. The van der Waals surface area contributed by atoms with Gasteiger partial charge in [0.15, 0.2) is 0 Å². The molecular weight excluding hydrogens is 192 g/mol. The molecule has 5 nitrogen and oxygen atoms in total. The molecule has 0 saturated carbocycles. The van der Waals surface area contributed by atoms with E-state index in [0.717, 1.165) is 5.88 Å². The second kappa shape index (κ2) is 4.48. The summed E-state index contributed by atoms with van der Waals surface area (Å²) in [5.41, 5.74) is 0. The van der Waals surface area contributed by atoms with Crippen LogP contribution in [-0.4, -0.2) is 40.7 Å². The maximum Gasteiger partial charge on any atom is 0.325 e. The van der Waals surface area contributed by atoms with Crippen molar-refractivity contribution in [2.45, 2.75) is 19.0 Å². The second-order valence-electron chi connectivity index (χ2n) is 2.84. The first-order valence-corrected chi connectivity index (χ1v) is 5.11. The molecule has 1 saturated heterocycles. The molecule has 1 amide bonds. The van der Waals surface area contributed by atoms with E-state index in [9.17, 15) is 9.59 Å². The molecule has 2 atom stereocenters. The van der Waals surface area contributed by atoms with Crippen LogP contribution in [0.4, 0.5) is 0 Å². The van der Waals surface area contributed by atoms with Crippen LogP contribution >= 0.6 is 11.8 Å². The lowest BCUT2D eigenvalue weighted by atomic mass is 10.2. The largest absolute Gasteiger partial charge is 0.480 e. The number of aliphatic carboxylic acids is 1. The van der Waals surface area contributed by atoms with E-state index in [0.29, 0.717) is 5.75 Å². The third-order valence-electron chi connectivity index (χ3n) is 1.76. The Hall–Kier alpha value is -0.750. The quantitative estimate of drug-likeness (QED) is 0.563. The smallest absolute Gasteiger partial charge is 0.325 e. The maximum absolute atomic E-state index is 11.3. The molecule has 6 heteroatoms. The molecule has 0 aromatic rings. The highest BCUT2D eigenvalue weighted by Crippen LogP contribution is 2.09. The van der Waals surface area contributed by atoms with Gasteiger partial charge in [-0.1, -0.05) is 0 Å². The average Bonchev–Trinajstić information content (AvgIpc) is 2.55. The minimum Gasteiger partial charge on any atom is -0.480 e. The fourth-order valence-corrected chi connectivity index (χ4v) is 1.88. The highest BCUT2D eigenvalue weighted by atomic mass is 32.2. The van der Waals surface area contributed by atoms with Gasteiger partial charge in [-0.15, -0.1) is 11.8 Å². The fourth-order valence-electron chi connectivity index (χ4n) is 0.939. The number of amides is 1. The molecular formula is C7H12N2O3S. The van der Waals surface area contributed by atoms with Crippen LogP contribution < -0.4 is 10.6 Å². The van der Waals surface area contributed by atoms with Crippen LogP contribution in [0.25, 0.3) is 0 Å². The van der Waals surface area contributed by atoms with Gasteiger partial charge < -0.3 is 10.4 Å². The summed E-state index contributed by atoms with van der Waals surface area (Å²) >= 11 is 1.63. The van der Waals surface area contributed by atoms with Gasteiger partial charge in [0.2, 0.25) is 5.91 Å². The van der Waals surface area contributed by atoms with Gasteiger partial charge in [-0.25, -0.2) is 0 Å². The first kappa shape index (κ1) is 10.3. The zero-order valence-corrected chi connectivity index (χ0v) is 8.06. The zero-order chi connectivity index (χ0) is 9.84. The van der Waals surface area contributed by atoms with Crippen molar-refractivity contribution in [3.8, 4) is 0 Å². The minimum absolute atomic E-state index is 0.236. The zero-order valence-electron chi connectivity index (χ0n) is 7.24. The molecule has 74 valence electrons. The van der Waals surface area contributed by atoms with Gasteiger partial charge >= 0.3 is 5.97 Å². The van der Waals surface area contributed by atoms with Gasteiger partial charge in [0.25, 0.3) is 0 Å². The number of carbonyl (C=O) groups is 2. The van der Waals surface area contributed by atoms with E-state index in [1.54, 1.807) is 11.8 Å². The summed E-state index contributed by atoms with van der Waals surface area (Å²) < 4.78 is 0. The Balaban J connectivity index is 2.35. The minimum atomic E-state index is -1.01. The van der Waals surface area contributed by atoms with Crippen LogP contribution in [0.1, 0.15) is 6.92 Å². The number of hydrogen-bond donors (Lipinski definition) is 3. The van der Waals surface area contributed by atoms with Crippen molar-refractivity contribution in [1.82, 2.24) is 10.6 Å². The fraction of sp³-hybridized carbons (Fsp3) is 0.714. The molecule has 0 radical (unpaired) electrons. The van der Waals surface area contributed by atoms with E-state index in [-0.39, 0.29) is 11.9 Å². The summed E-state index contributed by atoms with van der Waals surface area (Å²) in [7, 11) is 0. The van der Waals surface area contributed by atoms with Crippen LogP contribution in [0.15, 0.2) is 0 Å². The predicted octanol–water partition coefficient (Wildman–Crippen LogP) is -0.762. The number of carbonyl (C=O) groups excluding carboxylic acids is 1. The highest BCUT2D eigenvalue weighted by Gasteiger charge is 2.24. The number of thioether (sulfide) groups is 1. The average molecular weight is 204 g/mol. The number of hydrogen-bond acceptors (Lipinski definition) is 4. The van der Waals surface area contributed by atoms with Crippen LogP contribution in [0.5, 0.6) is 0 Å². The molecule has 0 aromatic heterocycles. The van der Waals surface area contributed by atoms with Crippen molar-refractivity contribution < 1.29 is 14.7 Å². The predicted molar refractivity (Wildman–Crippen MR) is 49.5 cm³/mol. The molecule has 1 aliphatic heterocycles. The molecule has 0 aromatic carbocycles. The summed E-state index contributed by atoms with van der Waals surface area (Å²) in [5, 5.41) is 13.9. The summed E-state index contributed by atoms with van der Waals surface area (Å²) in [4.78, 5) is 21.7. The molecule has 1 aliphatic rings. The summed E-state index contributed by atoms with van der Waals surface area (Å²) in [6, 6.07) is -1.06. The van der Waals surface area contributed by atoms with Gasteiger partial charge in [-0.05, 0) is 6.92 Å².